The molecule has 0 nitrogen and oxygen atoms in total. The maximum Gasteiger partial charge on any atom is 0.100 e. The average Bonchev–Trinajstić information content (AvgIpc) is 2.74. The summed E-state index contributed by atoms with van der Waals surface area (Å²) >= 11 is 0. The smallest absolute Gasteiger partial charge is 0.100 e. The van der Waals surface area contributed by atoms with Crippen molar-refractivity contribution < 1.29 is 4.39 Å². The van der Waals surface area contributed by atoms with E-state index in [-0.39, 0.29) is 5.83 Å². The topological polar surface area (TPSA) is 0 Å². The Morgan fingerprint density at radius 1 is 0.741 bits per heavy atom. The number of benzene rings is 1. The minimum Gasteiger partial charge on any atom is -0.212 e. The number of halogens is 1. The lowest BCUT2D eigenvalue weighted by Gasteiger charge is -2.38. The highest BCUT2D eigenvalue weighted by Gasteiger charge is 2.31. The number of hydrogen-bond acceptors (Lipinski definition) is 0. The van der Waals surface area contributed by atoms with Gasteiger partial charge in [0.2, 0.25) is 0 Å². The molecule has 0 aromatic heterocycles. The van der Waals surface area contributed by atoms with Crippen molar-refractivity contribution in [2.45, 2.75) is 77.0 Å². The van der Waals surface area contributed by atoms with Crippen LogP contribution >= 0.6 is 0 Å². The first-order valence-electron chi connectivity index (χ1n) is 11.4. The summed E-state index contributed by atoms with van der Waals surface area (Å²) in [7, 11) is 0. The first-order valence-corrected chi connectivity index (χ1v) is 11.4. The van der Waals surface area contributed by atoms with Crippen molar-refractivity contribution in [2.75, 3.05) is 0 Å². The zero-order valence-electron chi connectivity index (χ0n) is 16.7. The highest BCUT2D eigenvalue weighted by molar-refractivity contribution is 5.23. The Morgan fingerprint density at radius 3 is 2.04 bits per heavy atom. The second-order valence-corrected chi connectivity index (χ2v) is 9.27. The van der Waals surface area contributed by atoms with Crippen LogP contribution in [0.2, 0.25) is 0 Å². The summed E-state index contributed by atoms with van der Waals surface area (Å²) in [6.07, 6.45) is 19.4. The number of allylic oxidation sites excluding steroid dienone is 4. The van der Waals surface area contributed by atoms with E-state index < -0.39 is 0 Å². The second-order valence-electron chi connectivity index (χ2n) is 9.27. The molecule has 0 heterocycles. The van der Waals surface area contributed by atoms with Gasteiger partial charge in [-0.05, 0) is 93.1 Å². The zero-order chi connectivity index (χ0) is 18.5. The van der Waals surface area contributed by atoms with E-state index in [1.54, 1.807) is 6.08 Å². The molecule has 0 amide bonds. The summed E-state index contributed by atoms with van der Waals surface area (Å²) in [5, 5.41) is 0. The molecule has 2 fully saturated rings. The number of aryl methyl sites for hydroxylation is 1. The van der Waals surface area contributed by atoms with Crippen molar-refractivity contribution in [1.82, 2.24) is 0 Å². The third-order valence-electron chi connectivity index (χ3n) is 7.67. The van der Waals surface area contributed by atoms with E-state index in [9.17, 15) is 4.39 Å². The van der Waals surface area contributed by atoms with E-state index >= 15 is 0 Å². The fraction of sp³-hybridized carbons (Fsp3) is 0.615. The number of hydrogen-bond donors (Lipinski definition) is 0. The van der Waals surface area contributed by atoms with Crippen molar-refractivity contribution in [1.29, 1.82) is 0 Å². The number of rotatable bonds is 5. The third kappa shape index (κ3) is 5.12. The van der Waals surface area contributed by atoms with Gasteiger partial charge in [-0.2, -0.15) is 0 Å². The third-order valence-corrected chi connectivity index (χ3v) is 7.67. The maximum atomic E-state index is 13.2. The highest BCUT2D eigenvalue weighted by Crippen LogP contribution is 2.44. The molecule has 27 heavy (non-hydrogen) atoms. The zero-order valence-corrected chi connectivity index (χ0v) is 16.7. The molecule has 3 aliphatic carbocycles. The summed E-state index contributed by atoms with van der Waals surface area (Å²) < 4.78 is 13.2. The lowest BCUT2D eigenvalue weighted by atomic mass is 9.67. The molecule has 0 saturated heterocycles. The predicted molar refractivity (Wildman–Crippen MR) is 112 cm³/mol. The molecule has 0 unspecified atom stereocenters. The molecule has 3 aliphatic rings. The fourth-order valence-corrected chi connectivity index (χ4v) is 5.89. The van der Waals surface area contributed by atoms with Crippen LogP contribution in [0.3, 0.4) is 0 Å². The molecule has 0 aliphatic heterocycles. The molecule has 0 spiro atoms. The molecular formula is C26H35F. The van der Waals surface area contributed by atoms with Gasteiger partial charge in [0.25, 0.3) is 0 Å². The van der Waals surface area contributed by atoms with Crippen molar-refractivity contribution in [3.8, 4) is 0 Å². The largest absolute Gasteiger partial charge is 0.212 e. The Labute approximate surface area is 164 Å². The van der Waals surface area contributed by atoms with Gasteiger partial charge in [-0.25, -0.2) is 4.39 Å². The first kappa shape index (κ1) is 19.0. The van der Waals surface area contributed by atoms with Crippen molar-refractivity contribution in [3.05, 3.63) is 59.4 Å². The van der Waals surface area contributed by atoms with Gasteiger partial charge in [0.05, 0.1) is 0 Å². The molecular weight excluding hydrogens is 331 g/mol. The lowest BCUT2D eigenvalue weighted by Crippen LogP contribution is -2.26. The Hall–Kier alpha value is -1.37. The van der Waals surface area contributed by atoms with Crippen LogP contribution in [0, 0.1) is 23.7 Å². The van der Waals surface area contributed by atoms with Crippen LogP contribution in [0.1, 0.15) is 76.2 Å². The first-order chi connectivity index (χ1) is 13.3. The molecule has 2 saturated carbocycles. The molecule has 1 aromatic carbocycles. The lowest BCUT2D eigenvalue weighted by molar-refractivity contribution is 0.150. The van der Waals surface area contributed by atoms with Gasteiger partial charge in [0.15, 0.2) is 0 Å². The SMILES string of the molecule is FC1=CC=C(C2CCC(C3CCC(CCc4ccccc4)CC3)CC2)CC1. The standard InChI is InChI=1S/C26H35F/c27-26-18-16-25(17-19-26)24-14-12-23(13-15-24)22-10-8-21(9-11-22)7-6-20-4-2-1-3-5-20/h1-5,16,18,21-24H,6-15,17,19H2. The summed E-state index contributed by atoms with van der Waals surface area (Å²) in [6.45, 7) is 0. The van der Waals surface area contributed by atoms with Gasteiger partial charge in [-0.1, -0.05) is 54.8 Å². The Bertz CT molecular complexity index is 640. The van der Waals surface area contributed by atoms with Crippen molar-refractivity contribution >= 4 is 0 Å². The molecule has 1 aromatic rings. The Kier molecular flexibility index (Phi) is 6.47. The van der Waals surface area contributed by atoms with Crippen LogP contribution in [0.4, 0.5) is 4.39 Å². The van der Waals surface area contributed by atoms with Gasteiger partial charge in [0.1, 0.15) is 5.83 Å². The van der Waals surface area contributed by atoms with E-state index in [1.165, 1.54) is 75.3 Å². The van der Waals surface area contributed by atoms with Gasteiger partial charge in [-0.15, -0.1) is 0 Å². The normalized spacial score (nSPS) is 31.9. The Morgan fingerprint density at radius 2 is 1.41 bits per heavy atom. The fourth-order valence-electron chi connectivity index (χ4n) is 5.89. The summed E-state index contributed by atoms with van der Waals surface area (Å²) in [5.74, 6) is 3.71. The van der Waals surface area contributed by atoms with Crippen LogP contribution in [0.25, 0.3) is 0 Å². The maximum absolute atomic E-state index is 13.2. The summed E-state index contributed by atoms with van der Waals surface area (Å²) in [4.78, 5) is 0. The predicted octanol–water partition coefficient (Wildman–Crippen LogP) is 7.81. The van der Waals surface area contributed by atoms with Crippen LogP contribution in [-0.4, -0.2) is 0 Å². The molecule has 0 bridgehead atoms. The Balaban J connectivity index is 1.18. The average molecular weight is 367 g/mol. The summed E-state index contributed by atoms with van der Waals surface area (Å²) in [6, 6.07) is 11.0. The quantitative estimate of drug-likeness (QED) is 0.498. The van der Waals surface area contributed by atoms with E-state index in [4.69, 9.17) is 0 Å². The van der Waals surface area contributed by atoms with Gasteiger partial charge in [0, 0.05) is 6.42 Å². The minimum atomic E-state index is 0.0662. The summed E-state index contributed by atoms with van der Waals surface area (Å²) in [5.41, 5.74) is 3.03. The van der Waals surface area contributed by atoms with Crippen molar-refractivity contribution in [2.24, 2.45) is 23.7 Å². The molecule has 0 atom stereocenters. The molecule has 146 valence electrons. The van der Waals surface area contributed by atoms with E-state index in [0.29, 0.717) is 6.42 Å². The highest BCUT2D eigenvalue weighted by atomic mass is 19.1. The van der Waals surface area contributed by atoms with Crippen LogP contribution in [0.15, 0.2) is 53.9 Å². The van der Waals surface area contributed by atoms with Crippen LogP contribution in [0.5, 0.6) is 0 Å². The molecule has 1 heteroatoms. The van der Waals surface area contributed by atoms with Gasteiger partial charge < -0.3 is 0 Å². The molecule has 4 rings (SSSR count). The van der Waals surface area contributed by atoms with E-state index in [0.717, 1.165) is 30.1 Å². The van der Waals surface area contributed by atoms with E-state index in [2.05, 4.69) is 36.4 Å². The molecule has 0 radical (unpaired) electrons. The van der Waals surface area contributed by atoms with Gasteiger partial charge in [-0.3, -0.25) is 0 Å². The molecule has 0 N–H and O–H groups in total. The van der Waals surface area contributed by atoms with Crippen LogP contribution < -0.4 is 0 Å². The minimum absolute atomic E-state index is 0.0662. The second kappa shape index (κ2) is 9.22. The van der Waals surface area contributed by atoms with E-state index in [1.807, 2.05) is 0 Å². The van der Waals surface area contributed by atoms with Crippen LogP contribution in [-0.2, 0) is 6.42 Å². The monoisotopic (exact) mass is 366 g/mol. The van der Waals surface area contributed by atoms with Crippen molar-refractivity contribution in [3.63, 3.8) is 0 Å². The van der Waals surface area contributed by atoms with Gasteiger partial charge >= 0.3 is 0 Å².